The zero-order valence-electron chi connectivity index (χ0n) is 6.47. The Balaban J connectivity index is 0. The second-order valence-corrected chi connectivity index (χ2v) is 3.47. The zero-order chi connectivity index (χ0) is 8.36. The summed E-state index contributed by atoms with van der Waals surface area (Å²) in [6.45, 7) is 5.48. The molecule has 0 spiro atoms. The van der Waals surface area contributed by atoms with Crippen molar-refractivity contribution in [2.24, 2.45) is 5.41 Å². The molecule has 0 aliphatic rings. The van der Waals surface area contributed by atoms with E-state index in [0.717, 1.165) is 0 Å². The van der Waals surface area contributed by atoms with E-state index in [2.05, 4.69) is 0 Å². The Labute approximate surface area is 88.5 Å². The van der Waals surface area contributed by atoms with Gasteiger partial charge in [-0.05, 0) is 5.41 Å². The van der Waals surface area contributed by atoms with E-state index in [9.17, 15) is 9.59 Å². The number of hydrogen-bond donors (Lipinski definition) is 1. The predicted octanol–water partition coefficient (Wildman–Crippen LogP) is 0.428. The molecule has 0 radical (unpaired) electrons. The molecule has 0 bridgehead atoms. The minimum atomic E-state index is -1.34. The van der Waals surface area contributed by atoms with Crippen molar-refractivity contribution in [2.45, 2.75) is 27.2 Å². The third-order valence-corrected chi connectivity index (χ3v) is 0.929. The number of aliphatic carboxylic acids is 1. The molecule has 11 heavy (non-hydrogen) atoms. The molecule has 0 aliphatic heterocycles. The molecule has 4 heteroatoms. The number of carboxylic acids is 1. The van der Waals surface area contributed by atoms with Crippen molar-refractivity contribution in [3.8, 4) is 0 Å². The van der Waals surface area contributed by atoms with E-state index < -0.39 is 11.8 Å². The van der Waals surface area contributed by atoms with Gasteiger partial charge in [0, 0.05) is 6.42 Å². The van der Waals surface area contributed by atoms with Crippen molar-refractivity contribution in [3.05, 3.63) is 0 Å². The van der Waals surface area contributed by atoms with Gasteiger partial charge in [-0.2, -0.15) is 0 Å². The van der Waals surface area contributed by atoms with Gasteiger partial charge in [0.15, 0.2) is 0 Å². The Morgan fingerprint density at radius 1 is 1.27 bits per heavy atom. The summed E-state index contributed by atoms with van der Waals surface area (Å²) in [4.78, 5) is 20.6. The van der Waals surface area contributed by atoms with Gasteiger partial charge in [-0.15, -0.1) is 0 Å². The molecule has 0 atom stereocenters. The summed E-state index contributed by atoms with van der Waals surface area (Å²) in [7, 11) is 0. The third-order valence-electron chi connectivity index (χ3n) is 0.929. The van der Waals surface area contributed by atoms with Gasteiger partial charge in [-0.1, -0.05) is 20.8 Å². The van der Waals surface area contributed by atoms with Crippen LogP contribution < -0.4 is 0 Å². The van der Waals surface area contributed by atoms with Crippen molar-refractivity contribution >= 4 is 41.3 Å². The fraction of sp³-hybridized carbons (Fsp3) is 0.714. The molecule has 0 saturated carbocycles. The molecule has 0 aromatic rings. The van der Waals surface area contributed by atoms with Crippen molar-refractivity contribution in [1.29, 1.82) is 0 Å². The molecule has 1 N–H and O–H groups in total. The Kier molecular flexibility index (Phi) is 6.12. The van der Waals surface area contributed by atoms with Gasteiger partial charge in [0.05, 0.1) is 0 Å². The molecule has 0 aliphatic carbocycles. The molecule has 0 heterocycles. The van der Waals surface area contributed by atoms with E-state index >= 15 is 0 Å². The number of carboxylic acid groups (broad SMARTS) is 1. The van der Waals surface area contributed by atoms with Gasteiger partial charge < -0.3 is 5.11 Å². The van der Waals surface area contributed by atoms with E-state index in [0.29, 0.717) is 0 Å². The van der Waals surface area contributed by atoms with Crippen LogP contribution in [0.25, 0.3) is 0 Å². The Morgan fingerprint density at radius 3 is 1.73 bits per heavy atom. The van der Waals surface area contributed by atoms with Crippen LogP contribution in [0.4, 0.5) is 0 Å². The van der Waals surface area contributed by atoms with Crippen LogP contribution in [0.1, 0.15) is 27.2 Å². The number of hydrogen-bond acceptors (Lipinski definition) is 2. The van der Waals surface area contributed by atoms with Crippen LogP contribution in [0.2, 0.25) is 0 Å². The number of ketones is 1. The topological polar surface area (TPSA) is 54.4 Å². The second-order valence-electron chi connectivity index (χ2n) is 3.47. The van der Waals surface area contributed by atoms with Crippen LogP contribution in [-0.2, 0) is 9.59 Å². The van der Waals surface area contributed by atoms with Crippen molar-refractivity contribution in [3.63, 3.8) is 0 Å². The molecule has 0 rings (SSSR count). The maximum absolute atomic E-state index is 10.6. The Bertz CT molecular complexity index is 158. The minimum absolute atomic E-state index is 0. The SMILES string of the molecule is CC(C)(C)CC(=O)C(=O)O.[NaH]. The molecule has 0 aromatic heterocycles. The number of carbonyl (C=O) groups excluding carboxylic acids is 1. The number of carbonyl (C=O) groups is 2. The fourth-order valence-electron chi connectivity index (χ4n) is 0.557. The normalized spacial score (nSPS) is 10.1. The Hall–Kier alpha value is 0.140. The summed E-state index contributed by atoms with van der Waals surface area (Å²) in [5.41, 5.74) is -0.227. The molecular weight excluding hydrogens is 155 g/mol. The van der Waals surface area contributed by atoms with Crippen LogP contribution in [0, 0.1) is 5.41 Å². The molecule has 0 amide bonds. The summed E-state index contributed by atoms with van der Waals surface area (Å²) in [6.07, 6.45) is 0.0995. The summed E-state index contributed by atoms with van der Waals surface area (Å²) in [5.74, 6) is -2.05. The van der Waals surface area contributed by atoms with Gasteiger partial charge >= 0.3 is 35.5 Å². The van der Waals surface area contributed by atoms with E-state index in [-0.39, 0.29) is 41.4 Å². The maximum atomic E-state index is 10.6. The summed E-state index contributed by atoms with van der Waals surface area (Å²) in [6, 6.07) is 0. The van der Waals surface area contributed by atoms with Crippen LogP contribution in [0.3, 0.4) is 0 Å². The van der Waals surface area contributed by atoms with Gasteiger partial charge in [0.25, 0.3) is 0 Å². The molecular formula is C7H13NaO3. The van der Waals surface area contributed by atoms with Gasteiger partial charge in [0.2, 0.25) is 5.78 Å². The molecule has 60 valence electrons. The first-order valence-electron chi connectivity index (χ1n) is 3.09. The molecule has 0 unspecified atom stereocenters. The molecule has 3 nitrogen and oxygen atoms in total. The standard InChI is InChI=1S/C7H12O3.Na.H/c1-7(2,3)4-5(8)6(9)10;;/h4H2,1-3H3,(H,9,10);;. The fourth-order valence-corrected chi connectivity index (χ4v) is 0.557. The number of rotatable bonds is 2. The molecule has 0 aromatic carbocycles. The van der Waals surface area contributed by atoms with E-state index in [1.807, 2.05) is 20.8 Å². The van der Waals surface area contributed by atoms with E-state index in [1.54, 1.807) is 0 Å². The average molecular weight is 168 g/mol. The predicted molar refractivity (Wildman–Crippen MR) is 43.9 cm³/mol. The van der Waals surface area contributed by atoms with Gasteiger partial charge in [0.1, 0.15) is 0 Å². The van der Waals surface area contributed by atoms with Crippen molar-refractivity contribution in [1.82, 2.24) is 0 Å². The second kappa shape index (κ2) is 4.91. The average Bonchev–Trinajstić information content (AvgIpc) is 1.60. The van der Waals surface area contributed by atoms with Crippen LogP contribution in [-0.4, -0.2) is 46.4 Å². The molecule has 0 fully saturated rings. The summed E-state index contributed by atoms with van der Waals surface area (Å²) < 4.78 is 0. The van der Waals surface area contributed by atoms with E-state index in [1.165, 1.54) is 0 Å². The van der Waals surface area contributed by atoms with E-state index in [4.69, 9.17) is 5.11 Å². The first kappa shape index (κ1) is 13.7. The van der Waals surface area contributed by atoms with Gasteiger partial charge in [-0.3, -0.25) is 4.79 Å². The number of Topliss-reactive ketones (excluding diaryl/α,β-unsaturated/α-hetero) is 1. The first-order valence-corrected chi connectivity index (χ1v) is 3.09. The quantitative estimate of drug-likeness (QED) is 0.480. The van der Waals surface area contributed by atoms with Crippen LogP contribution in [0.5, 0.6) is 0 Å². The Morgan fingerprint density at radius 2 is 1.64 bits per heavy atom. The third kappa shape index (κ3) is 8.04. The zero-order valence-corrected chi connectivity index (χ0v) is 6.47. The summed E-state index contributed by atoms with van der Waals surface area (Å²) >= 11 is 0. The van der Waals surface area contributed by atoms with Crippen LogP contribution in [0.15, 0.2) is 0 Å². The monoisotopic (exact) mass is 168 g/mol. The van der Waals surface area contributed by atoms with Crippen LogP contribution >= 0.6 is 0 Å². The first-order chi connectivity index (χ1) is 4.33. The van der Waals surface area contributed by atoms with Crippen molar-refractivity contribution < 1.29 is 14.7 Å². The molecule has 0 saturated heterocycles. The van der Waals surface area contributed by atoms with Gasteiger partial charge in [-0.25, -0.2) is 4.79 Å². The summed E-state index contributed by atoms with van der Waals surface area (Å²) in [5, 5.41) is 8.20. The van der Waals surface area contributed by atoms with Crippen molar-refractivity contribution in [2.75, 3.05) is 0 Å².